The molecule has 49 heavy (non-hydrogen) atoms. The number of nitrogens with zero attached hydrogens (tertiary/aromatic N) is 6. The van der Waals surface area contributed by atoms with E-state index < -0.39 is 0 Å². The highest BCUT2D eigenvalue weighted by molar-refractivity contribution is 6.42. The number of piperidine rings is 1. The predicted octanol–water partition coefficient (Wildman–Crippen LogP) is 5.19. The summed E-state index contributed by atoms with van der Waals surface area (Å²) >= 11 is 25.1. The smallest absolute Gasteiger partial charge is 0.320 e. The van der Waals surface area contributed by atoms with E-state index in [1.54, 1.807) is 42.3 Å². The van der Waals surface area contributed by atoms with Crippen molar-refractivity contribution >= 4 is 75.7 Å². The molecule has 2 fully saturated rings. The third-order valence-electron chi connectivity index (χ3n) is 8.56. The second kappa shape index (κ2) is 18.0. The first-order valence-corrected chi connectivity index (χ1v) is 17.3. The molecule has 13 nitrogen and oxygen atoms in total. The second-order valence-corrected chi connectivity index (χ2v) is 13.8. The third kappa shape index (κ3) is 10.7. The zero-order valence-corrected chi connectivity index (χ0v) is 30.1. The zero-order valence-electron chi connectivity index (χ0n) is 27.1. The summed E-state index contributed by atoms with van der Waals surface area (Å²) in [5.41, 5.74) is 12.9. The number of carbonyl (C=O) groups excluding carboxylic acids is 2. The number of oxime groups is 2. The van der Waals surface area contributed by atoms with Gasteiger partial charge in [-0.05, 0) is 68.1 Å². The van der Waals surface area contributed by atoms with Crippen molar-refractivity contribution in [1.29, 1.82) is 5.41 Å². The summed E-state index contributed by atoms with van der Waals surface area (Å²) in [7, 11) is 1.64. The van der Waals surface area contributed by atoms with E-state index in [0.29, 0.717) is 57.4 Å². The summed E-state index contributed by atoms with van der Waals surface area (Å²) in [6.45, 7) is 3.39. The number of hydrogen-bond donors (Lipinski definition) is 4. The van der Waals surface area contributed by atoms with Gasteiger partial charge >= 0.3 is 6.03 Å². The van der Waals surface area contributed by atoms with Crippen LogP contribution < -0.4 is 11.5 Å². The molecule has 17 heteroatoms. The fourth-order valence-electron chi connectivity index (χ4n) is 6.14. The topological polar surface area (TPSA) is 177 Å². The SMILES string of the molecule is CN(CC(=NOCC(=N)N)[C@H](CCN1CCC(N2CCCN(CC(N)=NO)C2=O)CC1)c1ccc(Cl)c(Cl)c1)C(=O)c1cc(Cl)cc(Cl)c1. The van der Waals surface area contributed by atoms with Gasteiger partial charge in [0, 0.05) is 60.8 Å². The number of amides is 3. The average Bonchev–Trinajstić information content (AvgIpc) is 3.06. The molecule has 0 spiro atoms. The number of nitrogens with one attached hydrogen (secondary N) is 1. The fourth-order valence-corrected chi connectivity index (χ4v) is 6.97. The Morgan fingerprint density at radius 1 is 1.06 bits per heavy atom. The lowest BCUT2D eigenvalue weighted by molar-refractivity contribution is 0.0811. The molecular formula is C32H41Cl4N9O4. The van der Waals surface area contributed by atoms with E-state index in [4.69, 9.17) is 73.3 Å². The van der Waals surface area contributed by atoms with Crippen LogP contribution in [0.3, 0.4) is 0 Å². The van der Waals surface area contributed by atoms with Crippen LogP contribution in [-0.4, -0.2) is 120 Å². The number of likely N-dealkylation sites (tertiary alicyclic amines) is 1. The fraction of sp³-hybridized carbons (Fsp3) is 0.469. The van der Waals surface area contributed by atoms with E-state index >= 15 is 0 Å². The van der Waals surface area contributed by atoms with Gasteiger partial charge in [-0.3, -0.25) is 10.2 Å². The summed E-state index contributed by atoms with van der Waals surface area (Å²) in [4.78, 5) is 39.5. The molecule has 266 valence electrons. The number of halogens is 4. The van der Waals surface area contributed by atoms with Gasteiger partial charge < -0.3 is 41.1 Å². The molecular weight excluding hydrogens is 716 g/mol. The van der Waals surface area contributed by atoms with Gasteiger partial charge in [-0.2, -0.15) is 0 Å². The van der Waals surface area contributed by atoms with Crippen molar-refractivity contribution in [2.75, 3.05) is 59.5 Å². The zero-order chi connectivity index (χ0) is 35.7. The van der Waals surface area contributed by atoms with E-state index in [2.05, 4.69) is 15.2 Å². The van der Waals surface area contributed by atoms with Crippen LogP contribution in [0.4, 0.5) is 4.79 Å². The van der Waals surface area contributed by atoms with Gasteiger partial charge in [-0.25, -0.2) is 4.79 Å². The Kier molecular flexibility index (Phi) is 14.0. The van der Waals surface area contributed by atoms with Gasteiger partial charge in [0.25, 0.3) is 5.91 Å². The highest BCUT2D eigenvalue weighted by Gasteiger charge is 2.34. The van der Waals surface area contributed by atoms with Crippen molar-refractivity contribution in [3.05, 3.63) is 67.6 Å². The minimum absolute atomic E-state index is 0.000528. The molecule has 0 bridgehead atoms. The molecule has 2 heterocycles. The molecule has 0 aliphatic carbocycles. The van der Waals surface area contributed by atoms with Crippen LogP contribution in [-0.2, 0) is 4.84 Å². The van der Waals surface area contributed by atoms with E-state index in [0.717, 1.165) is 37.9 Å². The first-order valence-electron chi connectivity index (χ1n) is 15.8. The molecule has 0 aromatic heterocycles. The molecule has 2 saturated heterocycles. The summed E-state index contributed by atoms with van der Waals surface area (Å²) in [5.74, 6) is -0.875. The number of benzene rings is 2. The maximum Gasteiger partial charge on any atom is 0.320 e. The Balaban J connectivity index is 1.50. The highest BCUT2D eigenvalue weighted by Crippen LogP contribution is 2.31. The van der Waals surface area contributed by atoms with Crippen molar-refractivity contribution in [2.24, 2.45) is 21.8 Å². The summed E-state index contributed by atoms with van der Waals surface area (Å²) in [6, 6.07) is 9.99. The van der Waals surface area contributed by atoms with Crippen LogP contribution in [0.15, 0.2) is 46.7 Å². The Labute approximate surface area is 305 Å². The number of carbonyl (C=O) groups is 2. The van der Waals surface area contributed by atoms with Gasteiger partial charge in [-0.15, -0.1) is 0 Å². The van der Waals surface area contributed by atoms with E-state index in [-0.39, 0.29) is 55.3 Å². The van der Waals surface area contributed by atoms with Crippen LogP contribution in [0.25, 0.3) is 0 Å². The van der Waals surface area contributed by atoms with Gasteiger partial charge in [0.2, 0.25) is 0 Å². The van der Waals surface area contributed by atoms with Gasteiger partial charge in [0.05, 0.1) is 28.8 Å². The highest BCUT2D eigenvalue weighted by atomic mass is 35.5. The predicted molar refractivity (Wildman–Crippen MR) is 194 cm³/mol. The number of amidine groups is 2. The van der Waals surface area contributed by atoms with Gasteiger partial charge in [-0.1, -0.05) is 62.8 Å². The van der Waals surface area contributed by atoms with Crippen molar-refractivity contribution in [1.82, 2.24) is 19.6 Å². The molecule has 2 aliphatic rings. The molecule has 6 N–H and O–H groups in total. The summed E-state index contributed by atoms with van der Waals surface area (Å²) < 4.78 is 0. The average molecular weight is 758 g/mol. The number of rotatable bonds is 14. The Hall–Kier alpha value is -3.49. The van der Waals surface area contributed by atoms with Crippen LogP contribution in [0.1, 0.15) is 47.5 Å². The molecule has 4 rings (SSSR count). The maximum absolute atomic E-state index is 13.5. The molecule has 0 radical (unpaired) electrons. The molecule has 3 amide bonds. The Morgan fingerprint density at radius 3 is 2.39 bits per heavy atom. The Bertz CT molecular complexity index is 1550. The normalized spacial score (nSPS) is 17.3. The monoisotopic (exact) mass is 755 g/mol. The molecule has 1 atom stereocenters. The molecule has 0 unspecified atom stereocenters. The lowest BCUT2D eigenvalue weighted by atomic mass is 9.89. The summed E-state index contributed by atoms with van der Waals surface area (Å²) in [5, 5.41) is 25.4. The maximum atomic E-state index is 13.5. The van der Waals surface area contributed by atoms with Crippen LogP contribution in [0.2, 0.25) is 20.1 Å². The lowest BCUT2D eigenvalue weighted by Gasteiger charge is -2.43. The van der Waals surface area contributed by atoms with Gasteiger partial charge in [0.15, 0.2) is 12.4 Å². The van der Waals surface area contributed by atoms with Crippen LogP contribution >= 0.6 is 46.4 Å². The Morgan fingerprint density at radius 2 is 1.76 bits per heavy atom. The number of nitrogens with two attached hydrogens (primary N) is 2. The second-order valence-electron chi connectivity index (χ2n) is 12.1. The lowest BCUT2D eigenvalue weighted by Crippen LogP contribution is -2.57. The minimum atomic E-state index is -0.353. The van der Waals surface area contributed by atoms with Crippen molar-refractivity contribution < 1.29 is 19.6 Å². The van der Waals surface area contributed by atoms with Crippen LogP contribution in [0, 0.1) is 5.41 Å². The first-order chi connectivity index (χ1) is 23.4. The number of hydrogen-bond acceptors (Lipinski definition) is 8. The first kappa shape index (κ1) is 38.3. The molecule has 2 aromatic rings. The van der Waals surface area contributed by atoms with Crippen molar-refractivity contribution in [2.45, 2.75) is 37.6 Å². The van der Waals surface area contributed by atoms with E-state index in [1.165, 1.54) is 4.90 Å². The summed E-state index contributed by atoms with van der Waals surface area (Å²) in [6.07, 6.45) is 2.99. The van der Waals surface area contributed by atoms with Gasteiger partial charge in [0.1, 0.15) is 5.84 Å². The molecule has 2 aliphatic heterocycles. The molecule has 2 aromatic carbocycles. The largest absolute Gasteiger partial charge is 0.409 e. The third-order valence-corrected chi connectivity index (χ3v) is 9.74. The van der Waals surface area contributed by atoms with Crippen molar-refractivity contribution in [3.63, 3.8) is 0 Å². The molecule has 0 saturated carbocycles. The van der Waals surface area contributed by atoms with E-state index in [9.17, 15) is 9.59 Å². The number of urea groups is 1. The minimum Gasteiger partial charge on any atom is -0.409 e. The van der Waals surface area contributed by atoms with Crippen LogP contribution in [0.5, 0.6) is 0 Å². The van der Waals surface area contributed by atoms with E-state index in [1.807, 2.05) is 11.0 Å². The standard InChI is InChI=1S/C32H41Cl4N9O4/c1-42(31(46)21-13-22(33)16-23(34)14-21)17-28(41-49-19-29(37)38)25(20-3-4-26(35)27(36)15-20)7-12-43-10-5-24(6-11-43)45-9-2-8-44(32(45)47)18-30(39)40-48/h3-4,13-16,24-25,48H,2,5-12,17-19H2,1H3,(H3,37,38)(H2,39,40)/t25-/m1/s1. The van der Waals surface area contributed by atoms with Crippen molar-refractivity contribution in [3.8, 4) is 0 Å². The quantitative estimate of drug-likeness (QED) is 0.0887.